The summed E-state index contributed by atoms with van der Waals surface area (Å²) in [6, 6.07) is 1.85. The second-order valence-corrected chi connectivity index (χ2v) is 2.62. The Balaban J connectivity index is 2.55. The Bertz CT molecular complexity index is 190. The molecular weight excluding hydrogens is 162 g/mol. The molecule has 5 heteroatoms. The molecule has 0 aliphatic carbocycles. The Morgan fingerprint density at radius 1 is 1.50 bits per heavy atom. The molecule has 0 aromatic heterocycles. The van der Waals surface area contributed by atoms with Crippen LogP contribution in [0.2, 0.25) is 0 Å². The molecule has 12 heavy (non-hydrogen) atoms. The van der Waals surface area contributed by atoms with Crippen LogP contribution in [0.25, 0.3) is 0 Å². The minimum atomic E-state index is -1.06. The van der Waals surface area contributed by atoms with Crippen LogP contribution in [0.1, 0.15) is 6.42 Å². The smallest absolute Gasteiger partial charge is 0.186 e. The van der Waals surface area contributed by atoms with Gasteiger partial charge in [0.2, 0.25) is 0 Å². The van der Waals surface area contributed by atoms with E-state index in [4.69, 9.17) is 14.7 Å². The predicted molar refractivity (Wildman–Crippen MR) is 37.9 cm³/mol. The van der Waals surface area contributed by atoms with Gasteiger partial charge in [0.1, 0.15) is 18.3 Å². The van der Waals surface area contributed by atoms with Gasteiger partial charge in [-0.15, -0.1) is 0 Å². The van der Waals surface area contributed by atoms with Gasteiger partial charge in [-0.05, 0) is 0 Å². The number of methoxy groups -OCH3 is 1. The van der Waals surface area contributed by atoms with Crippen LogP contribution >= 0.6 is 0 Å². The average molecular weight is 173 g/mol. The van der Waals surface area contributed by atoms with Crippen LogP contribution in [-0.2, 0) is 9.47 Å². The standard InChI is InChI=1S/C7H11NO4/c1-11-7-6(10)5(9)4(12-7)2-3-8/h4-7,9-10H,2H2,1H3/t4-,5-,6-,7+/m1/s1. The topological polar surface area (TPSA) is 82.7 Å². The van der Waals surface area contributed by atoms with E-state index in [-0.39, 0.29) is 6.42 Å². The molecule has 0 saturated carbocycles. The first-order chi connectivity index (χ1) is 5.70. The summed E-state index contributed by atoms with van der Waals surface area (Å²) in [5, 5.41) is 26.9. The minimum Gasteiger partial charge on any atom is -0.387 e. The van der Waals surface area contributed by atoms with E-state index in [0.717, 1.165) is 0 Å². The molecule has 0 aromatic carbocycles. The van der Waals surface area contributed by atoms with Gasteiger partial charge in [0.25, 0.3) is 0 Å². The number of nitrogens with zero attached hydrogens (tertiary/aromatic N) is 1. The second kappa shape index (κ2) is 3.83. The van der Waals surface area contributed by atoms with Crippen molar-refractivity contribution in [3.05, 3.63) is 0 Å². The molecule has 1 aliphatic rings. The van der Waals surface area contributed by atoms with Crippen LogP contribution in [0.3, 0.4) is 0 Å². The maximum atomic E-state index is 9.28. The van der Waals surface area contributed by atoms with Crippen LogP contribution in [-0.4, -0.2) is 41.9 Å². The lowest BCUT2D eigenvalue weighted by Crippen LogP contribution is -2.32. The van der Waals surface area contributed by atoms with E-state index < -0.39 is 24.6 Å². The number of rotatable bonds is 2. The fourth-order valence-corrected chi connectivity index (χ4v) is 1.17. The highest BCUT2D eigenvalue weighted by atomic mass is 16.7. The number of aliphatic hydroxyl groups excluding tert-OH is 2. The number of hydrogen-bond donors (Lipinski definition) is 2. The summed E-state index contributed by atoms with van der Waals surface area (Å²) >= 11 is 0. The van der Waals surface area contributed by atoms with Crippen molar-refractivity contribution in [1.29, 1.82) is 5.26 Å². The van der Waals surface area contributed by atoms with Gasteiger partial charge in [-0.25, -0.2) is 0 Å². The van der Waals surface area contributed by atoms with Gasteiger partial charge >= 0.3 is 0 Å². The zero-order valence-electron chi connectivity index (χ0n) is 6.67. The Hall–Kier alpha value is -0.670. The highest BCUT2D eigenvalue weighted by Gasteiger charge is 2.42. The van der Waals surface area contributed by atoms with Gasteiger partial charge in [-0.2, -0.15) is 5.26 Å². The van der Waals surface area contributed by atoms with E-state index in [1.54, 1.807) is 0 Å². The van der Waals surface area contributed by atoms with Crippen molar-refractivity contribution in [2.75, 3.05) is 7.11 Å². The average Bonchev–Trinajstić information content (AvgIpc) is 2.33. The Morgan fingerprint density at radius 2 is 2.17 bits per heavy atom. The van der Waals surface area contributed by atoms with E-state index in [9.17, 15) is 10.2 Å². The molecule has 0 amide bonds. The van der Waals surface area contributed by atoms with E-state index in [2.05, 4.69) is 0 Å². The Kier molecular flexibility index (Phi) is 3.00. The van der Waals surface area contributed by atoms with E-state index in [0.29, 0.717) is 0 Å². The Morgan fingerprint density at radius 3 is 2.58 bits per heavy atom. The van der Waals surface area contributed by atoms with Crippen molar-refractivity contribution in [1.82, 2.24) is 0 Å². The Labute approximate surface area is 70.1 Å². The molecule has 1 rings (SSSR count). The monoisotopic (exact) mass is 173 g/mol. The van der Waals surface area contributed by atoms with E-state index in [1.807, 2.05) is 6.07 Å². The van der Waals surface area contributed by atoms with E-state index >= 15 is 0 Å². The highest BCUT2D eigenvalue weighted by molar-refractivity contribution is 4.91. The molecule has 1 saturated heterocycles. The summed E-state index contributed by atoms with van der Waals surface area (Å²) in [6.07, 6.45) is -3.51. The maximum absolute atomic E-state index is 9.28. The summed E-state index contributed by atoms with van der Waals surface area (Å²) in [5.41, 5.74) is 0. The van der Waals surface area contributed by atoms with Crippen molar-refractivity contribution >= 4 is 0 Å². The molecule has 1 aliphatic heterocycles. The van der Waals surface area contributed by atoms with Gasteiger partial charge < -0.3 is 19.7 Å². The van der Waals surface area contributed by atoms with Gasteiger partial charge in [0.15, 0.2) is 6.29 Å². The van der Waals surface area contributed by atoms with E-state index in [1.165, 1.54) is 7.11 Å². The predicted octanol–water partition coefficient (Wildman–Crippen LogP) is -1.01. The van der Waals surface area contributed by atoms with Crippen molar-refractivity contribution in [2.24, 2.45) is 0 Å². The molecule has 5 nitrogen and oxygen atoms in total. The molecule has 4 atom stereocenters. The fraction of sp³-hybridized carbons (Fsp3) is 0.857. The largest absolute Gasteiger partial charge is 0.387 e. The molecule has 2 N–H and O–H groups in total. The lowest BCUT2D eigenvalue weighted by Gasteiger charge is -2.11. The van der Waals surface area contributed by atoms with Gasteiger partial charge in [-0.3, -0.25) is 0 Å². The lowest BCUT2D eigenvalue weighted by molar-refractivity contribution is -0.147. The maximum Gasteiger partial charge on any atom is 0.186 e. The molecular formula is C7H11NO4. The molecule has 68 valence electrons. The molecule has 0 radical (unpaired) electrons. The molecule has 0 spiro atoms. The van der Waals surface area contributed by atoms with Crippen molar-refractivity contribution in [3.8, 4) is 6.07 Å². The SMILES string of the molecule is CO[C@H]1O[C@H](CC#N)[C@@H](O)[C@H]1O. The molecule has 0 unspecified atom stereocenters. The van der Waals surface area contributed by atoms with Crippen LogP contribution in [0.5, 0.6) is 0 Å². The summed E-state index contributed by atoms with van der Waals surface area (Å²) in [5.74, 6) is 0. The fourth-order valence-electron chi connectivity index (χ4n) is 1.17. The molecule has 1 fully saturated rings. The van der Waals surface area contributed by atoms with Crippen LogP contribution in [0, 0.1) is 11.3 Å². The van der Waals surface area contributed by atoms with Crippen LogP contribution < -0.4 is 0 Å². The molecule has 1 heterocycles. The van der Waals surface area contributed by atoms with Crippen molar-refractivity contribution in [3.63, 3.8) is 0 Å². The van der Waals surface area contributed by atoms with Crippen molar-refractivity contribution in [2.45, 2.75) is 31.0 Å². The summed E-state index contributed by atoms with van der Waals surface area (Å²) in [7, 11) is 1.37. The van der Waals surface area contributed by atoms with Crippen molar-refractivity contribution < 1.29 is 19.7 Å². The lowest BCUT2D eigenvalue weighted by atomic mass is 10.1. The van der Waals surface area contributed by atoms with Crippen LogP contribution in [0.4, 0.5) is 0 Å². The third-order valence-corrected chi connectivity index (χ3v) is 1.84. The van der Waals surface area contributed by atoms with Crippen LogP contribution in [0.15, 0.2) is 0 Å². The molecule has 0 bridgehead atoms. The number of aliphatic hydroxyl groups is 2. The number of ether oxygens (including phenoxy) is 2. The van der Waals surface area contributed by atoms with Gasteiger partial charge in [-0.1, -0.05) is 0 Å². The zero-order valence-corrected chi connectivity index (χ0v) is 6.67. The first kappa shape index (κ1) is 9.42. The number of nitriles is 1. The molecule has 0 aromatic rings. The first-order valence-corrected chi connectivity index (χ1v) is 3.62. The summed E-state index contributed by atoms with van der Waals surface area (Å²) in [4.78, 5) is 0. The third-order valence-electron chi connectivity index (χ3n) is 1.84. The quantitative estimate of drug-likeness (QED) is 0.559. The van der Waals surface area contributed by atoms with Gasteiger partial charge in [0.05, 0.1) is 12.5 Å². The second-order valence-electron chi connectivity index (χ2n) is 2.62. The summed E-state index contributed by atoms with van der Waals surface area (Å²) in [6.45, 7) is 0. The summed E-state index contributed by atoms with van der Waals surface area (Å²) < 4.78 is 9.76. The third kappa shape index (κ3) is 1.57. The first-order valence-electron chi connectivity index (χ1n) is 3.62. The highest BCUT2D eigenvalue weighted by Crippen LogP contribution is 2.23. The minimum absolute atomic E-state index is 0.0537. The number of hydrogen-bond acceptors (Lipinski definition) is 5. The zero-order chi connectivity index (χ0) is 9.14. The van der Waals surface area contributed by atoms with Gasteiger partial charge in [0, 0.05) is 7.11 Å². The normalized spacial score (nSPS) is 41.2.